The maximum absolute atomic E-state index is 11.3. The Balaban J connectivity index is 0.957. The summed E-state index contributed by atoms with van der Waals surface area (Å²) < 4.78 is 39.0. The highest BCUT2D eigenvalue weighted by Crippen LogP contribution is 2.45. The van der Waals surface area contributed by atoms with Crippen LogP contribution < -0.4 is 32.7 Å². The number of aryl methyl sites for hydroxylation is 2. The lowest BCUT2D eigenvalue weighted by molar-refractivity contribution is -0.142. The van der Waals surface area contributed by atoms with Crippen LogP contribution in [0, 0.1) is 0 Å². The molecular formula is C49H71N17O10. The van der Waals surface area contributed by atoms with E-state index in [1.165, 1.54) is 0 Å². The van der Waals surface area contributed by atoms with E-state index in [1.807, 2.05) is 67.1 Å². The minimum absolute atomic E-state index is 0.0158. The van der Waals surface area contributed by atoms with E-state index in [2.05, 4.69) is 57.6 Å². The fourth-order valence-electron chi connectivity index (χ4n) is 7.71. The predicted molar refractivity (Wildman–Crippen MR) is 282 cm³/mol. The van der Waals surface area contributed by atoms with Crippen molar-refractivity contribution < 1.29 is 48.5 Å². The lowest BCUT2D eigenvalue weighted by Gasteiger charge is -2.27. The molecule has 0 spiro atoms. The summed E-state index contributed by atoms with van der Waals surface area (Å²) in [5.41, 5.74) is 27.7. The van der Waals surface area contributed by atoms with Crippen molar-refractivity contribution in [3.8, 4) is 0 Å². The Morgan fingerprint density at radius 2 is 0.934 bits per heavy atom. The third-order valence-electron chi connectivity index (χ3n) is 11.5. The number of guanidine groups is 2. The standard InChI is InChI=1S/C49H71N17O10/c1-2-62(17-21-73-34-40-31-66(61-58-40)20-24-71-25-26-72-27-28-76-35-43(67)68)41-9-5-36(6-10-41)44-46(69)45(47(44)70)37-7-11-42(12-8-37)63(18-22-74-32-38-29-64(59-56-38)15-3-13-54-48(50)51)19-23-75-33-39-30-65(60-57-39)16-4-14-55-49(52)53/h5-12,29-31,69-70H,2-4,13-28,32-35H2,1H3,(H,67,68)(H4,50,51,54)(H4,52,53,55). The summed E-state index contributed by atoms with van der Waals surface area (Å²) in [5.74, 6) is -0.870. The molecule has 1 aliphatic carbocycles. The van der Waals surface area contributed by atoms with Gasteiger partial charge in [0.25, 0.3) is 0 Å². The summed E-state index contributed by atoms with van der Waals surface area (Å²) >= 11 is 0. The average Bonchev–Trinajstić information content (AvgIpc) is 4.20. The Morgan fingerprint density at radius 1 is 0.539 bits per heavy atom. The molecule has 2 aromatic carbocycles. The zero-order valence-corrected chi connectivity index (χ0v) is 42.9. The molecule has 0 amide bonds. The van der Waals surface area contributed by atoms with Gasteiger partial charge in [-0.25, -0.2) is 9.48 Å². The first-order chi connectivity index (χ1) is 37.0. The van der Waals surface area contributed by atoms with Crippen LogP contribution in [0.2, 0.25) is 0 Å². The minimum atomic E-state index is -1.02. The Morgan fingerprint density at radius 3 is 1.36 bits per heavy atom. The highest BCUT2D eigenvalue weighted by atomic mass is 16.5. The Labute approximate surface area is 440 Å². The summed E-state index contributed by atoms with van der Waals surface area (Å²) in [5, 5.41) is 56.3. The van der Waals surface area contributed by atoms with Gasteiger partial charge in [-0.3, -0.25) is 19.3 Å². The van der Waals surface area contributed by atoms with E-state index >= 15 is 0 Å². The molecule has 27 heteroatoms. The highest BCUT2D eigenvalue weighted by molar-refractivity contribution is 6.06. The first-order valence-corrected chi connectivity index (χ1v) is 25.0. The number of aliphatic imine (C=N–C) groups is 2. The maximum atomic E-state index is 11.3. The summed E-state index contributed by atoms with van der Waals surface area (Å²) in [6, 6.07) is 15.3. The molecule has 27 nitrogen and oxygen atoms in total. The number of nitrogens with two attached hydrogens (primary N) is 4. The fraction of sp³-hybridized carbons (Fsp3) is 0.490. The smallest absolute Gasteiger partial charge is 0.329 e. The second-order valence-corrected chi connectivity index (χ2v) is 17.2. The monoisotopic (exact) mass is 1060 g/mol. The van der Waals surface area contributed by atoms with Crippen molar-refractivity contribution in [2.24, 2.45) is 32.9 Å². The molecule has 3 heterocycles. The molecule has 0 saturated carbocycles. The number of aliphatic hydroxyl groups excluding tert-OH is 2. The molecule has 0 fully saturated rings. The van der Waals surface area contributed by atoms with Gasteiger partial charge in [0.05, 0.1) is 109 Å². The number of rotatable bonds is 39. The molecule has 3 aromatic heterocycles. The number of likely N-dealkylation sites (N-methyl/N-ethyl adjacent to an activating group) is 1. The highest BCUT2D eigenvalue weighted by Gasteiger charge is 2.31. The van der Waals surface area contributed by atoms with Crippen molar-refractivity contribution in [2.45, 2.75) is 59.2 Å². The molecule has 6 rings (SSSR count). The number of nitrogens with zero attached hydrogens (tertiary/aromatic N) is 13. The fourth-order valence-corrected chi connectivity index (χ4v) is 7.71. The molecule has 412 valence electrons. The predicted octanol–water partition coefficient (Wildman–Crippen LogP) is 1.46. The van der Waals surface area contributed by atoms with E-state index in [0.29, 0.717) is 157 Å². The number of carboxylic acid groups (broad SMARTS) is 1. The number of anilines is 2. The number of ether oxygens (including phenoxy) is 6. The molecule has 5 aromatic rings. The number of benzene rings is 2. The number of carboxylic acids is 1. The van der Waals surface area contributed by atoms with Crippen LogP contribution in [0.25, 0.3) is 11.1 Å². The largest absolute Gasteiger partial charge is 0.506 e. The summed E-state index contributed by atoms with van der Waals surface area (Å²) in [7, 11) is 0. The van der Waals surface area contributed by atoms with Crippen molar-refractivity contribution in [3.63, 3.8) is 0 Å². The molecule has 76 heavy (non-hydrogen) atoms. The van der Waals surface area contributed by atoms with Crippen LogP contribution in [0.3, 0.4) is 0 Å². The summed E-state index contributed by atoms with van der Waals surface area (Å²) in [4.78, 5) is 22.8. The number of aliphatic hydroxyl groups is 2. The number of aliphatic carboxylic acids is 1. The van der Waals surface area contributed by atoms with E-state index in [0.717, 1.165) is 17.9 Å². The van der Waals surface area contributed by atoms with Gasteiger partial charge < -0.3 is 76.5 Å². The molecule has 1 aliphatic rings. The molecule has 0 radical (unpaired) electrons. The number of allylic oxidation sites excluding steroid dienone is 2. The molecule has 0 atom stereocenters. The van der Waals surface area contributed by atoms with E-state index in [-0.39, 0.29) is 49.9 Å². The van der Waals surface area contributed by atoms with Crippen molar-refractivity contribution in [3.05, 3.63) is 107 Å². The topological polar surface area (TPSA) is 361 Å². The SMILES string of the molecule is CCN(CCOCc1cn(CCOCCOCCOCC(=O)O)nn1)c1ccc(C2=C(O)C(c3ccc(N(CCOCc4cn(CCCN=C(N)N)nn4)CCOCc4cn(CCCN=C(N)N)nn4)cc3)=C2O)cc1. The van der Waals surface area contributed by atoms with E-state index in [1.54, 1.807) is 14.0 Å². The summed E-state index contributed by atoms with van der Waals surface area (Å²) in [6.07, 6.45) is 6.92. The normalized spacial score (nSPS) is 12.3. The van der Waals surface area contributed by atoms with Crippen LogP contribution >= 0.6 is 0 Å². The second kappa shape index (κ2) is 31.3. The molecule has 0 aliphatic heterocycles. The van der Waals surface area contributed by atoms with Crippen molar-refractivity contribution >= 4 is 40.4 Å². The molecule has 0 saturated heterocycles. The zero-order chi connectivity index (χ0) is 53.9. The molecule has 0 unspecified atom stereocenters. The lowest BCUT2D eigenvalue weighted by atomic mass is 9.84. The van der Waals surface area contributed by atoms with Crippen LogP contribution in [0.5, 0.6) is 0 Å². The molecular weight excluding hydrogens is 987 g/mol. The number of hydrogen-bond acceptors (Lipinski definition) is 19. The first-order valence-electron chi connectivity index (χ1n) is 25.0. The van der Waals surface area contributed by atoms with Crippen molar-refractivity contribution in [2.75, 3.05) is 109 Å². The van der Waals surface area contributed by atoms with Gasteiger partial charge in [0.15, 0.2) is 11.9 Å². The van der Waals surface area contributed by atoms with Gasteiger partial charge in [-0.1, -0.05) is 39.9 Å². The first kappa shape index (κ1) is 57.6. The van der Waals surface area contributed by atoms with Gasteiger partial charge in [-0.2, -0.15) is 0 Å². The number of aromatic nitrogens is 9. The Hall–Kier alpha value is -7.69. The third-order valence-corrected chi connectivity index (χ3v) is 11.5. The molecule has 11 N–H and O–H groups in total. The number of carbonyl (C=O) groups is 1. The van der Waals surface area contributed by atoms with Crippen molar-refractivity contribution in [1.82, 2.24) is 45.0 Å². The van der Waals surface area contributed by atoms with E-state index in [4.69, 9.17) is 56.5 Å². The van der Waals surface area contributed by atoms with Gasteiger partial charge in [-0.05, 0) is 55.2 Å². The summed E-state index contributed by atoms with van der Waals surface area (Å²) in [6.45, 7) is 10.7. The zero-order valence-electron chi connectivity index (χ0n) is 42.9. The van der Waals surface area contributed by atoms with Crippen LogP contribution in [-0.4, -0.2) is 177 Å². The lowest BCUT2D eigenvalue weighted by Crippen LogP contribution is -2.31. The van der Waals surface area contributed by atoms with Crippen LogP contribution in [-0.2, 0) is 72.7 Å². The number of hydrogen-bond donors (Lipinski definition) is 7. The van der Waals surface area contributed by atoms with E-state index in [9.17, 15) is 15.0 Å². The van der Waals surface area contributed by atoms with E-state index < -0.39 is 5.97 Å². The van der Waals surface area contributed by atoms with Gasteiger partial charge in [0.2, 0.25) is 0 Å². The van der Waals surface area contributed by atoms with Crippen LogP contribution in [0.1, 0.15) is 48.0 Å². The molecule has 0 bridgehead atoms. The van der Waals surface area contributed by atoms with Gasteiger partial charge in [0.1, 0.15) is 35.2 Å². The minimum Gasteiger partial charge on any atom is -0.506 e. The Kier molecular flexibility index (Phi) is 23.7. The van der Waals surface area contributed by atoms with Crippen LogP contribution in [0.15, 0.2) is 88.6 Å². The van der Waals surface area contributed by atoms with Crippen LogP contribution in [0.4, 0.5) is 11.4 Å². The average molecular weight is 1060 g/mol. The quantitative estimate of drug-likeness (QED) is 0.0166. The third kappa shape index (κ3) is 19.2. The maximum Gasteiger partial charge on any atom is 0.329 e. The second-order valence-electron chi connectivity index (χ2n) is 17.2. The van der Waals surface area contributed by atoms with Gasteiger partial charge in [-0.15, -0.1) is 15.3 Å². The van der Waals surface area contributed by atoms with Gasteiger partial charge in [0, 0.05) is 63.7 Å². The Bertz CT molecular complexity index is 2570. The van der Waals surface area contributed by atoms with Crippen molar-refractivity contribution in [1.29, 1.82) is 0 Å². The van der Waals surface area contributed by atoms with Gasteiger partial charge >= 0.3 is 5.97 Å².